The first-order chi connectivity index (χ1) is 9.97. The van der Waals surface area contributed by atoms with Crippen LogP contribution in [-0.2, 0) is 0 Å². The number of furan rings is 1. The summed E-state index contributed by atoms with van der Waals surface area (Å²) in [6.45, 7) is 3.35. The second-order valence-corrected chi connectivity index (χ2v) is 4.80. The van der Waals surface area contributed by atoms with E-state index in [-0.39, 0.29) is 16.8 Å². The zero-order valence-electron chi connectivity index (χ0n) is 11.5. The molecule has 1 aromatic heterocycles. The molecule has 3 N–H and O–H groups in total. The van der Waals surface area contributed by atoms with E-state index in [1.54, 1.807) is 32.0 Å². The third-order valence-electron chi connectivity index (χ3n) is 2.82. The van der Waals surface area contributed by atoms with Gasteiger partial charge in [0.1, 0.15) is 11.6 Å². The molecule has 21 heavy (non-hydrogen) atoms. The summed E-state index contributed by atoms with van der Waals surface area (Å²) < 4.78 is 18.4. The van der Waals surface area contributed by atoms with E-state index in [0.29, 0.717) is 22.6 Å². The fourth-order valence-corrected chi connectivity index (χ4v) is 1.80. The largest absolute Gasteiger partial charge is 0.469 e. The predicted octanol–water partition coefficient (Wildman–Crippen LogP) is 2.67. The predicted molar refractivity (Wildman–Crippen MR) is 81.4 cm³/mol. The third kappa shape index (κ3) is 3.79. The number of rotatable bonds is 2. The molecular formula is C14H14FN3O2S. The number of thiocarbonyl (C=S) groups is 1. The van der Waals surface area contributed by atoms with Gasteiger partial charge < -0.3 is 9.73 Å². The van der Waals surface area contributed by atoms with Crippen LogP contribution in [0, 0.1) is 19.7 Å². The number of halogens is 1. The number of hydrogen-bond acceptors (Lipinski definition) is 3. The zero-order valence-corrected chi connectivity index (χ0v) is 12.3. The molecule has 0 fully saturated rings. The Balaban J connectivity index is 1.89. The van der Waals surface area contributed by atoms with Gasteiger partial charge in [0.25, 0.3) is 5.91 Å². The molecule has 0 spiro atoms. The molecule has 0 atom stereocenters. The minimum atomic E-state index is -0.375. The van der Waals surface area contributed by atoms with Crippen LogP contribution < -0.4 is 16.2 Å². The van der Waals surface area contributed by atoms with E-state index in [1.165, 1.54) is 12.3 Å². The quantitative estimate of drug-likeness (QED) is 0.588. The molecule has 5 nitrogen and oxygen atoms in total. The highest BCUT2D eigenvalue weighted by Crippen LogP contribution is 2.13. The van der Waals surface area contributed by atoms with Crippen molar-refractivity contribution >= 4 is 28.9 Å². The lowest BCUT2D eigenvalue weighted by molar-refractivity contribution is 0.0942. The molecule has 0 aliphatic carbocycles. The van der Waals surface area contributed by atoms with Crippen LogP contribution >= 0.6 is 12.2 Å². The lowest BCUT2D eigenvalue weighted by atomic mass is 10.2. The molecule has 1 aromatic carbocycles. The highest BCUT2D eigenvalue weighted by Gasteiger charge is 2.11. The standard InChI is InChI=1S/C14H14FN3O2S/c1-8-3-4-10(7-12(8)15)16-14(21)18-17-13(19)11-5-6-20-9(11)2/h3-7H,1-2H3,(H,17,19)(H2,16,18,21). The van der Waals surface area contributed by atoms with E-state index in [2.05, 4.69) is 16.2 Å². The Bertz CT molecular complexity index is 685. The average molecular weight is 307 g/mol. The van der Waals surface area contributed by atoms with Crippen molar-refractivity contribution in [2.75, 3.05) is 5.32 Å². The van der Waals surface area contributed by atoms with Crippen molar-refractivity contribution in [2.45, 2.75) is 13.8 Å². The number of nitrogens with one attached hydrogen (secondary N) is 3. The molecule has 0 unspecified atom stereocenters. The number of aryl methyl sites for hydroxylation is 2. The van der Waals surface area contributed by atoms with Gasteiger partial charge in [-0.15, -0.1) is 0 Å². The van der Waals surface area contributed by atoms with Crippen LogP contribution in [0.5, 0.6) is 0 Å². The Morgan fingerprint density at radius 3 is 2.62 bits per heavy atom. The van der Waals surface area contributed by atoms with Crippen molar-refractivity contribution < 1.29 is 13.6 Å². The third-order valence-corrected chi connectivity index (χ3v) is 3.03. The van der Waals surface area contributed by atoms with Crippen molar-refractivity contribution in [1.29, 1.82) is 0 Å². The molecule has 2 rings (SSSR count). The fraction of sp³-hybridized carbons (Fsp3) is 0.143. The summed E-state index contributed by atoms with van der Waals surface area (Å²) in [5.74, 6) is -0.199. The maximum Gasteiger partial charge on any atom is 0.273 e. The van der Waals surface area contributed by atoms with Crippen molar-refractivity contribution in [1.82, 2.24) is 10.9 Å². The number of hydrogen-bond donors (Lipinski definition) is 3. The summed E-state index contributed by atoms with van der Waals surface area (Å²) in [4.78, 5) is 11.8. The van der Waals surface area contributed by atoms with Gasteiger partial charge in [-0.3, -0.25) is 15.6 Å². The number of anilines is 1. The van der Waals surface area contributed by atoms with Crippen LogP contribution in [0.2, 0.25) is 0 Å². The van der Waals surface area contributed by atoms with Gasteiger partial charge in [0.15, 0.2) is 5.11 Å². The molecule has 7 heteroatoms. The van der Waals surface area contributed by atoms with Crippen LogP contribution in [0.1, 0.15) is 21.7 Å². The van der Waals surface area contributed by atoms with Gasteiger partial charge in [0.05, 0.1) is 11.8 Å². The van der Waals surface area contributed by atoms with E-state index in [9.17, 15) is 9.18 Å². The van der Waals surface area contributed by atoms with Crippen molar-refractivity contribution in [3.63, 3.8) is 0 Å². The van der Waals surface area contributed by atoms with E-state index < -0.39 is 0 Å². The van der Waals surface area contributed by atoms with Crippen molar-refractivity contribution in [3.05, 3.63) is 53.2 Å². The summed E-state index contributed by atoms with van der Waals surface area (Å²) >= 11 is 5.01. The molecule has 0 aliphatic rings. The SMILES string of the molecule is Cc1ccc(NC(=S)NNC(=O)c2ccoc2C)cc1F. The molecular weight excluding hydrogens is 293 g/mol. The van der Waals surface area contributed by atoms with Crippen LogP contribution in [0.3, 0.4) is 0 Å². The smallest absolute Gasteiger partial charge is 0.273 e. The number of carbonyl (C=O) groups is 1. The molecule has 0 saturated heterocycles. The van der Waals surface area contributed by atoms with Crippen LogP contribution in [0.25, 0.3) is 0 Å². The Morgan fingerprint density at radius 1 is 1.24 bits per heavy atom. The lowest BCUT2D eigenvalue weighted by Gasteiger charge is -2.11. The lowest BCUT2D eigenvalue weighted by Crippen LogP contribution is -2.43. The van der Waals surface area contributed by atoms with Gasteiger partial charge in [-0.05, 0) is 49.8 Å². The van der Waals surface area contributed by atoms with Crippen LogP contribution in [0.4, 0.5) is 10.1 Å². The number of benzene rings is 1. The Morgan fingerprint density at radius 2 is 2.00 bits per heavy atom. The first-order valence-corrected chi connectivity index (χ1v) is 6.56. The van der Waals surface area contributed by atoms with Crippen molar-refractivity contribution in [3.8, 4) is 0 Å². The van der Waals surface area contributed by atoms with E-state index in [4.69, 9.17) is 16.6 Å². The highest BCUT2D eigenvalue weighted by molar-refractivity contribution is 7.80. The van der Waals surface area contributed by atoms with Crippen molar-refractivity contribution in [2.24, 2.45) is 0 Å². The van der Waals surface area contributed by atoms with E-state index in [0.717, 1.165) is 0 Å². The Hall–Kier alpha value is -2.41. The van der Waals surface area contributed by atoms with Gasteiger partial charge >= 0.3 is 0 Å². The minimum Gasteiger partial charge on any atom is -0.469 e. The number of amides is 1. The molecule has 2 aromatic rings. The Kier molecular flexibility index (Phi) is 4.54. The zero-order chi connectivity index (χ0) is 15.4. The molecule has 0 radical (unpaired) electrons. The summed E-state index contributed by atoms with van der Waals surface area (Å²) in [6.07, 6.45) is 1.43. The number of carbonyl (C=O) groups excluding carboxylic acids is 1. The summed E-state index contributed by atoms with van der Waals surface area (Å²) in [6, 6.07) is 6.20. The van der Waals surface area contributed by atoms with Gasteiger partial charge in [0, 0.05) is 5.69 Å². The summed E-state index contributed by atoms with van der Waals surface area (Å²) in [5, 5.41) is 2.91. The molecule has 1 amide bonds. The topological polar surface area (TPSA) is 66.3 Å². The van der Waals surface area contributed by atoms with E-state index in [1.807, 2.05) is 0 Å². The first kappa shape index (κ1) is 15.0. The van der Waals surface area contributed by atoms with Crippen LogP contribution in [-0.4, -0.2) is 11.0 Å². The van der Waals surface area contributed by atoms with Gasteiger partial charge in [-0.1, -0.05) is 6.07 Å². The molecule has 0 saturated carbocycles. The summed E-state index contributed by atoms with van der Waals surface area (Å²) in [7, 11) is 0. The maximum atomic E-state index is 13.4. The fourth-order valence-electron chi connectivity index (χ4n) is 1.63. The minimum absolute atomic E-state index is 0.146. The highest BCUT2D eigenvalue weighted by atomic mass is 32.1. The first-order valence-electron chi connectivity index (χ1n) is 6.15. The normalized spacial score (nSPS) is 10.0. The number of hydrazine groups is 1. The molecule has 0 aliphatic heterocycles. The van der Waals surface area contributed by atoms with E-state index >= 15 is 0 Å². The van der Waals surface area contributed by atoms with Gasteiger partial charge in [0.2, 0.25) is 0 Å². The maximum absolute atomic E-state index is 13.4. The summed E-state index contributed by atoms with van der Waals surface area (Å²) in [5.41, 5.74) is 6.41. The molecule has 0 bridgehead atoms. The average Bonchev–Trinajstić information content (AvgIpc) is 2.86. The molecule has 1 heterocycles. The Labute approximate surface area is 126 Å². The second kappa shape index (κ2) is 6.36. The van der Waals surface area contributed by atoms with Gasteiger partial charge in [-0.25, -0.2) is 4.39 Å². The second-order valence-electron chi connectivity index (χ2n) is 4.39. The monoisotopic (exact) mass is 307 g/mol. The molecule has 110 valence electrons. The van der Waals surface area contributed by atoms with Crippen LogP contribution in [0.15, 0.2) is 34.9 Å². The van der Waals surface area contributed by atoms with Gasteiger partial charge in [-0.2, -0.15) is 0 Å².